The quantitative estimate of drug-likeness (QED) is 0.646. The average Bonchev–Trinajstić information content (AvgIpc) is 3.28. The van der Waals surface area contributed by atoms with Crippen LogP contribution in [0.15, 0.2) is 36.7 Å². The molecule has 0 unspecified atom stereocenters. The summed E-state index contributed by atoms with van der Waals surface area (Å²) in [4.78, 5) is 20.2. The molecular weight excluding hydrogens is 348 g/mol. The van der Waals surface area contributed by atoms with Crippen LogP contribution < -0.4 is 0 Å². The first-order chi connectivity index (χ1) is 13.2. The number of pyridine rings is 1. The number of nitrogens with zero attached hydrogens (tertiary/aromatic N) is 4. The van der Waals surface area contributed by atoms with Crippen LogP contribution >= 0.6 is 0 Å². The van der Waals surface area contributed by atoms with Crippen molar-refractivity contribution in [3.8, 4) is 11.3 Å². The molecule has 1 aromatic carbocycles. The van der Waals surface area contributed by atoms with Gasteiger partial charge in [0.1, 0.15) is 0 Å². The molecule has 0 bridgehead atoms. The Kier molecular flexibility index (Phi) is 4.48. The number of fused-ring (bicyclic) bond motifs is 1. The van der Waals surface area contributed by atoms with Crippen molar-refractivity contribution in [1.82, 2.24) is 19.7 Å². The molecule has 5 nitrogen and oxygen atoms in total. The molecule has 0 spiro atoms. The van der Waals surface area contributed by atoms with E-state index in [0.717, 1.165) is 52.7 Å². The van der Waals surface area contributed by atoms with Gasteiger partial charge in [-0.25, -0.2) is 4.98 Å². The van der Waals surface area contributed by atoms with E-state index in [4.69, 9.17) is 4.98 Å². The lowest BCUT2D eigenvalue weighted by Crippen LogP contribution is -2.33. The lowest BCUT2D eigenvalue weighted by atomic mass is 10.0. The van der Waals surface area contributed by atoms with E-state index in [1.807, 2.05) is 40.2 Å². The van der Waals surface area contributed by atoms with Gasteiger partial charge in [-0.3, -0.25) is 9.48 Å². The topological polar surface area (TPSA) is 51.0 Å². The Balaban J connectivity index is 1.86. The summed E-state index contributed by atoms with van der Waals surface area (Å²) in [5, 5.41) is 5.43. The van der Waals surface area contributed by atoms with Crippen molar-refractivity contribution in [3.63, 3.8) is 0 Å². The van der Waals surface area contributed by atoms with E-state index in [1.54, 1.807) is 0 Å². The van der Waals surface area contributed by atoms with Crippen molar-refractivity contribution >= 4 is 16.8 Å². The van der Waals surface area contributed by atoms with Crippen LogP contribution in [0.25, 0.3) is 22.2 Å². The minimum Gasteiger partial charge on any atom is -0.336 e. The minimum atomic E-state index is -0.102. The lowest BCUT2D eigenvalue weighted by molar-refractivity contribution is 0.0749. The van der Waals surface area contributed by atoms with Gasteiger partial charge >= 0.3 is 0 Å². The molecule has 5 heteroatoms. The third-order valence-corrected chi connectivity index (χ3v) is 5.58. The number of carbonyl (C=O) groups is 1. The second-order valence-electron chi connectivity index (χ2n) is 8.91. The molecule has 0 aliphatic carbocycles. The Hall–Kier alpha value is -2.69. The molecule has 1 amide bonds. The summed E-state index contributed by atoms with van der Waals surface area (Å²) in [6.45, 7) is 11.4. The first kappa shape index (κ1) is 18.7. The van der Waals surface area contributed by atoms with Crippen molar-refractivity contribution in [3.05, 3.63) is 47.8 Å². The second kappa shape index (κ2) is 6.73. The van der Waals surface area contributed by atoms with Gasteiger partial charge in [0.15, 0.2) is 0 Å². The van der Waals surface area contributed by atoms with E-state index in [-0.39, 0.29) is 17.5 Å². The summed E-state index contributed by atoms with van der Waals surface area (Å²) in [6.07, 6.45) is 5.98. The summed E-state index contributed by atoms with van der Waals surface area (Å²) in [6, 6.07) is 8.35. The highest BCUT2D eigenvalue weighted by Crippen LogP contribution is 2.29. The van der Waals surface area contributed by atoms with Crippen molar-refractivity contribution < 1.29 is 4.79 Å². The zero-order chi connectivity index (χ0) is 20.1. The zero-order valence-electron chi connectivity index (χ0n) is 17.4. The molecule has 3 heterocycles. The third-order valence-electron chi connectivity index (χ3n) is 5.58. The van der Waals surface area contributed by atoms with Gasteiger partial charge in [-0.1, -0.05) is 12.1 Å². The molecule has 4 rings (SSSR count). The molecule has 1 aliphatic heterocycles. The summed E-state index contributed by atoms with van der Waals surface area (Å²) in [7, 11) is 0. The summed E-state index contributed by atoms with van der Waals surface area (Å²) in [5.74, 6) is 0.103. The highest BCUT2D eigenvalue weighted by Gasteiger charge is 2.28. The SMILES string of the molecule is Cc1ccc2c(C(=O)N3CCC[C@H]3C)cc(-c3cnn(C(C)(C)C)c3)nc2c1. The Labute approximate surface area is 166 Å². The standard InChI is InChI=1S/C23H28N4O/c1-15-8-9-18-19(22(28)26-10-6-7-16(26)2)12-20(25-21(18)11-15)17-13-24-27(14-17)23(3,4)5/h8-9,11-14,16H,6-7,10H2,1-5H3/t16-/m1/s1. The van der Waals surface area contributed by atoms with Crippen LogP contribution in [-0.4, -0.2) is 38.2 Å². The first-order valence-electron chi connectivity index (χ1n) is 10.0. The predicted octanol–water partition coefficient (Wildman–Crippen LogP) is 4.79. The number of rotatable bonds is 2. The van der Waals surface area contributed by atoms with Crippen molar-refractivity contribution in [2.24, 2.45) is 0 Å². The van der Waals surface area contributed by atoms with E-state index >= 15 is 0 Å². The molecule has 28 heavy (non-hydrogen) atoms. The van der Waals surface area contributed by atoms with Gasteiger partial charge in [-0.15, -0.1) is 0 Å². The molecule has 1 saturated heterocycles. The molecule has 3 aromatic rings. The third kappa shape index (κ3) is 3.30. The first-order valence-corrected chi connectivity index (χ1v) is 10.0. The molecular formula is C23H28N4O. The molecule has 0 radical (unpaired) electrons. The molecule has 0 saturated carbocycles. The summed E-state index contributed by atoms with van der Waals surface area (Å²) in [5.41, 5.74) is 4.35. The van der Waals surface area contributed by atoms with Crippen LogP contribution in [0.4, 0.5) is 0 Å². The number of likely N-dealkylation sites (tertiary alicyclic amines) is 1. The van der Waals surface area contributed by atoms with Crippen LogP contribution in [0.5, 0.6) is 0 Å². The van der Waals surface area contributed by atoms with Gasteiger partial charge in [-0.2, -0.15) is 5.10 Å². The summed E-state index contributed by atoms with van der Waals surface area (Å²) >= 11 is 0. The number of hydrogen-bond donors (Lipinski definition) is 0. The average molecular weight is 377 g/mol. The molecule has 1 atom stereocenters. The van der Waals surface area contributed by atoms with Crippen molar-refractivity contribution in [2.75, 3.05) is 6.54 Å². The fourth-order valence-electron chi connectivity index (χ4n) is 3.87. The number of benzene rings is 1. The number of hydrogen-bond acceptors (Lipinski definition) is 3. The van der Waals surface area contributed by atoms with Gasteiger partial charge in [0.25, 0.3) is 5.91 Å². The lowest BCUT2D eigenvalue weighted by Gasteiger charge is -2.22. The Morgan fingerprint density at radius 3 is 2.64 bits per heavy atom. The fourth-order valence-corrected chi connectivity index (χ4v) is 3.87. The smallest absolute Gasteiger partial charge is 0.254 e. The Bertz CT molecular complexity index is 1040. The van der Waals surface area contributed by atoms with Gasteiger partial charge in [0, 0.05) is 29.7 Å². The monoisotopic (exact) mass is 376 g/mol. The van der Waals surface area contributed by atoms with Gasteiger partial charge in [0.2, 0.25) is 0 Å². The second-order valence-corrected chi connectivity index (χ2v) is 8.91. The van der Waals surface area contributed by atoms with Gasteiger partial charge in [-0.05, 0) is 65.2 Å². The number of aryl methyl sites for hydroxylation is 1. The van der Waals surface area contributed by atoms with Gasteiger partial charge in [0.05, 0.1) is 28.5 Å². The van der Waals surface area contributed by atoms with E-state index in [9.17, 15) is 4.79 Å². The van der Waals surface area contributed by atoms with Crippen LogP contribution in [0.2, 0.25) is 0 Å². The Morgan fingerprint density at radius 2 is 2.00 bits per heavy atom. The van der Waals surface area contributed by atoms with E-state index in [1.165, 1.54) is 0 Å². The van der Waals surface area contributed by atoms with Gasteiger partial charge < -0.3 is 4.90 Å². The molecule has 146 valence electrons. The summed E-state index contributed by atoms with van der Waals surface area (Å²) < 4.78 is 1.94. The largest absolute Gasteiger partial charge is 0.336 e. The highest BCUT2D eigenvalue weighted by molar-refractivity contribution is 6.07. The maximum atomic E-state index is 13.4. The van der Waals surface area contributed by atoms with Crippen LogP contribution in [0, 0.1) is 6.92 Å². The minimum absolute atomic E-state index is 0.102. The van der Waals surface area contributed by atoms with Crippen molar-refractivity contribution in [2.45, 2.75) is 59.0 Å². The maximum Gasteiger partial charge on any atom is 0.254 e. The van der Waals surface area contributed by atoms with E-state index in [2.05, 4.69) is 45.8 Å². The fraction of sp³-hybridized carbons (Fsp3) is 0.435. The molecule has 1 fully saturated rings. The normalized spacial score (nSPS) is 17.5. The molecule has 1 aliphatic rings. The van der Waals surface area contributed by atoms with Crippen LogP contribution in [0.1, 0.15) is 56.5 Å². The number of carbonyl (C=O) groups excluding carboxylic acids is 1. The number of amides is 1. The van der Waals surface area contributed by atoms with Crippen molar-refractivity contribution in [1.29, 1.82) is 0 Å². The maximum absolute atomic E-state index is 13.4. The van der Waals surface area contributed by atoms with E-state index in [0.29, 0.717) is 0 Å². The highest BCUT2D eigenvalue weighted by atomic mass is 16.2. The van der Waals surface area contributed by atoms with Crippen LogP contribution in [-0.2, 0) is 5.54 Å². The number of aromatic nitrogens is 3. The molecule has 2 aromatic heterocycles. The predicted molar refractivity (Wildman–Crippen MR) is 112 cm³/mol. The van der Waals surface area contributed by atoms with E-state index < -0.39 is 0 Å². The molecule has 0 N–H and O–H groups in total. The van der Waals surface area contributed by atoms with Crippen LogP contribution in [0.3, 0.4) is 0 Å². The Morgan fingerprint density at radius 1 is 1.21 bits per heavy atom. The zero-order valence-corrected chi connectivity index (χ0v) is 17.4.